The van der Waals surface area contributed by atoms with E-state index in [1.54, 1.807) is 19.1 Å². The van der Waals surface area contributed by atoms with Crippen molar-refractivity contribution in [2.75, 3.05) is 7.11 Å². The van der Waals surface area contributed by atoms with Gasteiger partial charge in [-0.1, -0.05) is 0 Å². The number of halogens is 1. The van der Waals surface area contributed by atoms with Gasteiger partial charge in [0.05, 0.1) is 25.4 Å². The van der Waals surface area contributed by atoms with Crippen LogP contribution >= 0.6 is 0 Å². The monoisotopic (exact) mass is 357 g/mol. The Hall–Kier alpha value is -3.42. The van der Waals surface area contributed by atoms with Crippen molar-refractivity contribution in [1.29, 1.82) is 0 Å². The molecule has 2 heterocycles. The first kappa shape index (κ1) is 17.4. The molecule has 1 aromatic carbocycles. The van der Waals surface area contributed by atoms with Gasteiger partial charge in [0.15, 0.2) is 17.3 Å². The first-order valence-corrected chi connectivity index (χ1v) is 7.71. The summed E-state index contributed by atoms with van der Waals surface area (Å²) in [4.78, 5) is 20.0. The number of aryl methyl sites for hydroxylation is 1. The molecule has 26 heavy (non-hydrogen) atoms. The third-order valence-corrected chi connectivity index (χ3v) is 3.75. The Morgan fingerprint density at radius 2 is 2.19 bits per heavy atom. The van der Waals surface area contributed by atoms with Crippen molar-refractivity contribution >= 4 is 5.91 Å². The topological polar surface area (TPSA) is 97.5 Å². The van der Waals surface area contributed by atoms with Crippen LogP contribution < -0.4 is 10.1 Å². The third kappa shape index (κ3) is 3.49. The van der Waals surface area contributed by atoms with Gasteiger partial charge in [-0.15, -0.1) is 0 Å². The summed E-state index contributed by atoms with van der Waals surface area (Å²) in [5.74, 6) is -0.175. The highest BCUT2D eigenvalue weighted by Crippen LogP contribution is 2.31. The molecule has 1 amide bonds. The van der Waals surface area contributed by atoms with Crippen molar-refractivity contribution < 1.29 is 23.4 Å². The molecule has 2 N–H and O–H groups in total. The van der Waals surface area contributed by atoms with Crippen molar-refractivity contribution in [2.24, 2.45) is 0 Å². The van der Waals surface area contributed by atoms with E-state index >= 15 is 0 Å². The first-order chi connectivity index (χ1) is 12.5. The lowest BCUT2D eigenvalue weighted by Crippen LogP contribution is -2.24. The Bertz CT molecular complexity index is 955. The number of amides is 1. The maximum Gasteiger partial charge on any atom is 0.254 e. The van der Waals surface area contributed by atoms with E-state index in [1.807, 2.05) is 0 Å². The Balaban J connectivity index is 1.75. The number of ether oxygens (including phenoxy) is 1. The molecule has 2 aromatic heterocycles. The third-order valence-electron chi connectivity index (χ3n) is 3.75. The lowest BCUT2D eigenvalue weighted by atomic mass is 10.2. The highest BCUT2D eigenvalue weighted by molar-refractivity contribution is 5.94. The van der Waals surface area contributed by atoms with Crippen LogP contribution in [0, 0.1) is 12.7 Å². The van der Waals surface area contributed by atoms with Crippen molar-refractivity contribution in [1.82, 2.24) is 15.3 Å². The van der Waals surface area contributed by atoms with Crippen LogP contribution in [-0.4, -0.2) is 28.1 Å². The zero-order valence-electron chi connectivity index (χ0n) is 14.1. The fraction of sp³-hybridized carbons (Fsp3) is 0.167. The van der Waals surface area contributed by atoms with E-state index in [9.17, 15) is 14.3 Å². The Kier molecular flexibility index (Phi) is 4.83. The van der Waals surface area contributed by atoms with Crippen molar-refractivity contribution in [3.05, 3.63) is 59.5 Å². The van der Waals surface area contributed by atoms with Gasteiger partial charge in [0, 0.05) is 11.8 Å². The van der Waals surface area contributed by atoms with E-state index in [0.29, 0.717) is 28.7 Å². The fourth-order valence-corrected chi connectivity index (χ4v) is 2.36. The van der Waals surface area contributed by atoms with E-state index in [0.717, 1.165) is 6.20 Å². The lowest BCUT2D eigenvalue weighted by Gasteiger charge is -2.04. The van der Waals surface area contributed by atoms with Gasteiger partial charge in [0.2, 0.25) is 5.89 Å². The minimum absolute atomic E-state index is 0.0381. The average molecular weight is 357 g/mol. The normalized spacial score (nSPS) is 10.6. The predicted molar refractivity (Wildman–Crippen MR) is 90.3 cm³/mol. The molecule has 134 valence electrons. The summed E-state index contributed by atoms with van der Waals surface area (Å²) in [6, 6.07) is 6.06. The van der Waals surface area contributed by atoms with E-state index in [1.165, 1.54) is 25.4 Å². The minimum Gasteiger partial charge on any atom is -0.504 e. The molecule has 0 radical (unpaired) electrons. The van der Waals surface area contributed by atoms with Gasteiger partial charge in [-0.05, 0) is 31.2 Å². The number of carbonyl (C=O) groups excluding carboxylic acids is 1. The summed E-state index contributed by atoms with van der Waals surface area (Å²) < 4.78 is 24.2. The number of rotatable bonds is 5. The fourth-order valence-electron chi connectivity index (χ4n) is 2.36. The zero-order chi connectivity index (χ0) is 18.7. The largest absolute Gasteiger partial charge is 0.504 e. The van der Waals surface area contributed by atoms with Crippen LogP contribution in [0.25, 0.3) is 11.5 Å². The molecule has 0 aliphatic carbocycles. The number of hydrogen-bond acceptors (Lipinski definition) is 6. The van der Waals surface area contributed by atoms with Crippen LogP contribution in [-0.2, 0) is 6.54 Å². The van der Waals surface area contributed by atoms with Crippen LogP contribution in [0.3, 0.4) is 0 Å². The molecule has 0 aliphatic rings. The molecule has 7 nitrogen and oxygen atoms in total. The zero-order valence-corrected chi connectivity index (χ0v) is 14.1. The second-order valence-corrected chi connectivity index (χ2v) is 5.45. The van der Waals surface area contributed by atoms with Gasteiger partial charge in [-0.2, -0.15) is 0 Å². The number of oxazole rings is 1. The van der Waals surface area contributed by atoms with Gasteiger partial charge in [-0.3, -0.25) is 9.78 Å². The summed E-state index contributed by atoms with van der Waals surface area (Å²) in [6.45, 7) is 1.77. The molecule has 0 unspecified atom stereocenters. The van der Waals surface area contributed by atoms with E-state index in [-0.39, 0.29) is 17.9 Å². The minimum atomic E-state index is -0.698. The van der Waals surface area contributed by atoms with Gasteiger partial charge >= 0.3 is 0 Å². The molecule has 8 heteroatoms. The van der Waals surface area contributed by atoms with Crippen LogP contribution in [0.1, 0.15) is 21.8 Å². The average Bonchev–Trinajstić information content (AvgIpc) is 3.01. The van der Waals surface area contributed by atoms with Crippen LogP contribution in [0.5, 0.6) is 11.5 Å². The molecular weight excluding hydrogens is 341 g/mol. The van der Waals surface area contributed by atoms with Crippen LogP contribution in [0.15, 0.2) is 41.1 Å². The molecule has 0 bridgehead atoms. The van der Waals surface area contributed by atoms with Gasteiger partial charge < -0.3 is 19.6 Å². The number of nitrogens with zero attached hydrogens (tertiary/aromatic N) is 2. The van der Waals surface area contributed by atoms with Crippen molar-refractivity contribution in [3.63, 3.8) is 0 Å². The first-order valence-electron chi connectivity index (χ1n) is 7.71. The second-order valence-electron chi connectivity index (χ2n) is 5.45. The lowest BCUT2D eigenvalue weighted by molar-refractivity contribution is 0.0946. The highest BCUT2D eigenvalue weighted by atomic mass is 19.1. The number of nitrogens with one attached hydrogen (secondary N) is 1. The maximum absolute atomic E-state index is 13.6. The summed E-state index contributed by atoms with van der Waals surface area (Å²) in [5.41, 5.74) is 0.962. The van der Waals surface area contributed by atoms with Gasteiger partial charge in [0.1, 0.15) is 11.5 Å². The summed E-state index contributed by atoms with van der Waals surface area (Å²) in [6.07, 6.45) is 2.32. The molecule has 3 aromatic rings. The van der Waals surface area contributed by atoms with Crippen LogP contribution in [0.2, 0.25) is 0 Å². The number of aromatic nitrogens is 2. The standard InChI is InChI=1S/C18H16FN3O4/c1-10-14(9-21-17(24)12-5-6-20-8-13(12)19)22-18(26-10)11-3-4-16(25-2)15(23)7-11/h3-8,23H,9H2,1-2H3,(H,21,24). The Morgan fingerprint density at radius 3 is 2.88 bits per heavy atom. The number of phenolic OH excluding ortho intramolecular Hbond substituents is 1. The highest BCUT2D eigenvalue weighted by Gasteiger charge is 2.16. The predicted octanol–water partition coefficient (Wildman–Crippen LogP) is 2.83. The molecule has 0 saturated carbocycles. The number of pyridine rings is 1. The number of methoxy groups -OCH3 is 1. The van der Waals surface area contributed by atoms with E-state index < -0.39 is 11.7 Å². The molecule has 0 spiro atoms. The molecule has 0 atom stereocenters. The van der Waals surface area contributed by atoms with Gasteiger partial charge in [0.25, 0.3) is 5.91 Å². The summed E-state index contributed by atoms with van der Waals surface area (Å²) in [7, 11) is 1.45. The maximum atomic E-state index is 13.6. The molecule has 0 saturated heterocycles. The van der Waals surface area contributed by atoms with Crippen molar-refractivity contribution in [3.8, 4) is 23.0 Å². The van der Waals surface area contributed by atoms with Crippen LogP contribution in [0.4, 0.5) is 4.39 Å². The molecule has 0 fully saturated rings. The molecule has 0 aliphatic heterocycles. The number of aromatic hydroxyl groups is 1. The van der Waals surface area contributed by atoms with Gasteiger partial charge in [-0.25, -0.2) is 9.37 Å². The smallest absolute Gasteiger partial charge is 0.254 e. The van der Waals surface area contributed by atoms with E-state index in [2.05, 4.69) is 15.3 Å². The molecule has 3 rings (SSSR count). The number of benzene rings is 1. The number of carbonyl (C=O) groups is 1. The Morgan fingerprint density at radius 1 is 1.38 bits per heavy atom. The SMILES string of the molecule is COc1ccc(-c2nc(CNC(=O)c3ccncc3F)c(C)o2)cc1O. The van der Waals surface area contributed by atoms with E-state index in [4.69, 9.17) is 9.15 Å². The second kappa shape index (κ2) is 7.22. The molecular formula is C18H16FN3O4. The number of hydrogen-bond donors (Lipinski definition) is 2. The summed E-state index contributed by atoms with van der Waals surface area (Å²) >= 11 is 0. The quantitative estimate of drug-likeness (QED) is 0.729. The Labute approximate surface area is 148 Å². The van der Waals surface area contributed by atoms with Crippen molar-refractivity contribution in [2.45, 2.75) is 13.5 Å². The number of phenols is 1. The summed E-state index contributed by atoms with van der Waals surface area (Å²) in [5, 5.41) is 12.5.